The molecule has 0 fully saturated rings. The van der Waals surface area contributed by atoms with E-state index in [0.29, 0.717) is 6.42 Å². The molecule has 2 aromatic rings. The van der Waals surface area contributed by atoms with Crippen LogP contribution in [0.15, 0.2) is 42.5 Å². The lowest BCUT2D eigenvalue weighted by atomic mass is 9.88. The lowest BCUT2D eigenvalue weighted by Crippen LogP contribution is -2.14. The molecule has 2 aromatic carbocycles. The number of rotatable bonds is 3. The lowest BCUT2D eigenvalue weighted by molar-refractivity contribution is -0.137. The van der Waals surface area contributed by atoms with Crippen molar-refractivity contribution in [3.8, 4) is 0 Å². The van der Waals surface area contributed by atoms with Crippen LogP contribution in [0.1, 0.15) is 51.0 Å². The van der Waals surface area contributed by atoms with Crippen molar-refractivity contribution in [1.29, 1.82) is 0 Å². The smallest absolute Gasteiger partial charge is 0.416 e. The molecule has 0 amide bonds. The first kappa shape index (κ1) is 16.5. The van der Waals surface area contributed by atoms with Gasteiger partial charge < -0.3 is 10.4 Å². The van der Waals surface area contributed by atoms with E-state index in [2.05, 4.69) is 5.32 Å². The number of carboxylic acid groups (broad SMARTS) is 1. The summed E-state index contributed by atoms with van der Waals surface area (Å²) < 4.78 is 39.2. The zero-order valence-electron chi connectivity index (χ0n) is 12.9. The first-order valence-electron chi connectivity index (χ1n) is 7.53. The van der Waals surface area contributed by atoms with Crippen LogP contribution in [0.5, 0.6) is 0 Å². The van der Waals surface area contributed by atoms with Gasteiger partial charge in [-0.05, 0) is 48.4 Å². The molecule has 2 unspecified atom stereocenters. The second kappa shape index (κ2) is 5.94. The topological polar surface area (TPSA) is 49.3 Å². The number of fused-ring (bicyclic) bond motifs is 1. The molecule has 0 bridgehead atoms. The second-order valence-corrected chi connectivity index (χ2v) is 5.86. The first-order chi connectivity index (χ1) is 11.3. The summed E-state index contributed by atoms with van der Waals surface area (Å²) in [7, 11) is 1.79. The molecule has 2 N–H and O–H groups in total. The number of nitrogens with one attached hydrogen (secondary N) is 1. The predicted molar refractivity (Wildman–Crippen MR) is 83.1 cm³/mol. The molecule has 24 heavy (non-hydrogen) atoms. The van der Waals surface area contributed by atoms with Gasteiger partial charge in [0, 0.05) is 12.0 Å². The van der Waals surface area contributed by atoms with Gasteiger partial charge in [0.1, 0.15) is 0 Å². The Bertz CT molecular complexity index is 786. The summed E-state index contributed by atoms with van der Waals surface area (Å²) in [5.74, 6) is -1.60. The summed E-state index contributed by atoms with van der Waals surface area (Å²) in [5.41, 5.74) is 1.17. The highest BCUT2D eigenvalue weighted by molar-refractivity contribution is 5.90. The molecule has 0 spiro atoms. The van der Waals surface area contributed by atoms with Gasteiger partial charge in [0.2, 0.25) is 0 Å². The summed E-state index contributed by atoms with van der Waals surface area (Å²) in [6, 6.07) is 10.3. The molecule has 0 saturated carbocycles. The van der Waals surface area contributed by atoms with E-state index in [9.17, 15) is 23.1 Å². The van der Waals surface area contributed by atoms with Crippen molar-refractivity contribution in [2.24, 2.45) is 0 Å². The van der Waals surface area contributed by atoms with Crippen LogP contribution >= 0.6 is 0 Å². The average Bonchev–Trinajstić information content (AvgIpc) is 2.92. The van der Waals surface area contributed by atoms with Crippen LogP contribution in [0.25, 0.3) is 0 Å². The van der Waals surface area contributed by atoms with E-state index in [0.717, 1.165) is 29.3 Å². The number of carboxylic acids is 1. The fourth-order valence-corrected chi connectivity index (χ4v) is 3.43. The normalized spacial score (nSPS) is 20.0. The fraction of sp³-hybridized carbons (Fsp3) is 0.278. The van der Waals surface area contributed by atoms with Crippen LogP contribution < -0.4 is 5.32 Å². The van der Waals surface area contributed by atoms with E-state index in [1.807, 2.05) is 24.3 Å². The number of aromatic carboxylic acids is 1. The Kier molecular flexibility index (Phi) is 4.09. The predicted octanol–water partition coefficient (Wildman–Crippen LogP) is 4.20. The van der Waals surface area contributed by atoms with Crippen LogP contribution in [0.3, 0.4) is 0 Å². The van der Waals surface area contributed by atoms with Crippen molar-refractivity contribution >= 4 is 5.97 Å². The third-order valence-electron chi connectivity index (χ3n) is 4.55. The molecule has 0 radical (unpaired) electrons. The Balaban J connectivity index is 2.17. The van der Waals surface area contributed by atoms with E-state index in [4.69, 9.17) is 0 Å². The van der Waals surface area contributed by atoms with Crippen LogP contribution in [0.4, 0.5) is 13.2 Å². The minimum Gasteiger partial charge on any atom is -0.478 e. The van der Waals surface area contributed by atoms with Crippen molar-refractivity contribution in [3.63, 3.8) is 0 Å². The first-order valence-corrected chi connectivity index (χ1v) is 7.53. The summed E-state index contributed by atoms with van der Waals surface area (Å²) in [6.07, 6.45) is -3.98. The van der Waals surface area contributed by atoms with E-state index in [1.54, 1.807) is 7.05 Å². The van der Waals surface area contributed by atoms with Gasteiger partial charge in [-0.3, -0.25) is 0 Å². The highest BCUT2D eigenvalue weighted by Gasteiger charge is 2.36. The molecule has 0 aliphatic heterocycles. The minimum absolute atomic E-state index is 0.0117. The summed E-state index contributed by atoms with van der Waals surface area (Å²) >= 11 is 0. The van der Waals surface area contributed by atoms with E-state index >= 15 is 0 Å². The van der Waals surface area contributed by atoms with E-state index < -0.39 is 17.7 Å². The maximum Gasteiger partial charge on any atom is 0.416 e. The zero-order chi connectivity index (χ0) is 17.5. The molecule has 0 aromatic heterocycles. The molecule has 6 heteroatoms. The average molecular weight is 335 g/mol. The molecule has 0 heterocycles. The standard InChI is InChI=1S/C18H16F3NO2/c1-22-16-9-15(11-4-2-3-5-12(11)16)14-8-10(18(19,20)21)6-7-13(14)17(23)24/h2-8,15-16,22H,9H2,1H3,(H,23,24). The Morgan fingerprint density at radius 2 is 1.79 bits per heavy atom. The molecule has 3 rings (SSSR count). The summed E-state index contributed by atoms with van der Waals surface area (Å²) in [6.45, 7) is 0. The van der Waals surface area contributed by atoms with Gasteiger partial charge in [-0.15, -0.1) is 0 Å². The number of hydrogen-bond acceptors (Lipinski definition) is 2. The highest BCUT2D eigenvalue weighted by Crippen LogP contribution is 2.45. The highest BCUT2D eigenvalue weighted by atomic mass is 19.4. The van der Waals surface area contributed by atoms with E-state index in [1.165, 1.54) is 0 Å². The molecule has 1 aliphatic carbocycles. The monoisotopic (exact) mass is 335 g/mol. The second-order valence-electron chi connectivity index (χ2n) is 5.86. The third-order valence-corrected chi connectivity index (χ3v) is 4.55. The van der Waals surface area contributed by atoms with Gasteiger partial charge in [0.25, 0.3) is 0 Å². The number of carbonyl (C=O) groups is 1. The van der Waals surface area contributed by atoms with Crippen LogP contribution in [0.2, 0.25) is 0 Å². The molecular formula is C18H16F3NO2. The lowest BCUT2D eigenvalue weighted by Gasteiger charge is -2.18. The Labute approximate surface area is 137 Å². The summed E-state index contributed by atoms with van der Waals surface area (Å²) in [5, 5.41) is 12.5. The molecule has 2 atom stereocenters. The van der Waals surface area contributed by atoms with E-state index in [-0.39, 0.29) is 23.1 Å². The molecule has 126 valence electrons. The van der Waals surface area contributed by atoms with Crippen molar-refractivity contribution < 1.29 is 23.1 Å². The summed E-state index contributed by atoms with van der Waals surface area (Å²) in [4.78, 5) is 11.5. The fourth-order valence-electron chi connectivity index (χ4n) is 3.43. The molecular weight excluding hydrogens is 319 g/mol. The van der Waals surface area contributed by atoms with Crippen molar-refractivity contribution in [2.75, 3.05) is 7.05 Å². The largest absolute Gasteiger partial charge is 0.478 e. The Morgan fingerprint density at radius 1 is 1.12 bits per heavy atom. The van der Waals surface area contributed by atoms with Crippen molar-refractivity contribution in [2.45, 2.75) is 24.6 Å². The van der Waals surface area contributed by atoms with Gasteiger partial charge in [-0.25, -0.2) is 4.79 Å². The zero-order valence-corrected chi connectivity index (χ0v) is 12.9. The maximum atomic E-state index is 13.1. The third kappa shape index (κ3) is 2.78. The maximum absolute atomic E-state index is 13.1. The van der Waals surface area contributed by atoms with Crippen LogP contribution in [0, 0.1) is 0 Å². The number of halogens is 3. The Hall–Kier alpha value is -2.34. The molecule has 0 saturated heterocycles. The van der Waals surface area contributed by atoms with Crippen LogP contribution in [-0.4, -0.2) is 18.1 Å². The Morgan fingerprint density at radius 3 is 2.38 bits per heavy atom. The minimum atomic E-state index is -4.51. The molecule has 1 aliphatic rings. The van der Waals surface area contributed by atoms with Crippen molar-refractivity contribution in [1.82, 2.24) is 5.32 Å². The van der Waals surface area contributed by atoms with Gasteiger partial charge >= 0.3 is 12.1 Å². The van der Waals surface area contributed by atoms with Gasteiger partial charge in [0.15, 0.2) is 0 Å². The van der Waals surface area contributed by atoms with Gasteiger partial charge in [-0.2, -0.15) is 13.2 Å². The van der Waals surface area contributed by atoms with Gasteiger partial charge in [0.05, 0.1) is 11.1 Å². The number of benzene rings is 2. The molecule has 3 nitrogen and oxygen atoms in total. The van der Waals surface area contributed by atoms with Crippen molar-refractivity contribution in [3.05, 3.63) is 70.3 Å². The van der Waals surface area contributed by atoms with Gasteiger partial charge in [-0.1, -0.05) is 24.3 Å². The quantitative estimate of drug-likeness (QED) is 0.884. The van der Waals surface area contributed by atoms with Crippen LogP contribution in [-0.2, 0) is 6.18 Å². The SMILES string of the molecule is CNC1CC(c2cc(C(F)(F)F)ccc2C(=O)O)c2ccccc21. The number of hydrogen-bond donors (Lipinski definition) is 2. The number of alkyl halides is 3.